The Bertz CT molecular complexity index is 170. The van der Waals surface area contributed by atoms with Crippen molar-refractivity contribution in [3.05, 3.63) is 5.32 Å². The van der Waals surface area contributed by atoms with Gasteiger partial charge in [-0.05, 0) is 64.8 Å². The van der Waals surface area contributed by atoms with Gasteiger partial charge in [0.2, 0.25) is 0 Å². The number of nitrogens with zero attached hydrogens (tertiary/aromatic N) is 1. The van der Waals surface area contributed by atoms with E-state index in [2.05, 4.69) is 21.3 Å². The van der Waals surface area contributed by atoms with Gasteiger partial charge in [0.25, 0.3) is 0 Å². The molecule has 1 heterocycles. The fourth-order valence-corrected chi connectivity index (χ4v) is 2.00. The molecule has 1 rings (SSSR count). The van der Waals surface area contributed by atoms with E-state index in [1.165, 1.54) is 12.8 Å². The fourth-order valence-electron chi connectivity index (χ4n) is 2.00. The molecule has 1 unspecified atom stereocenters. The summed E-state index contributed by atoms with van der Waals surface area (Å²) >= 11 is 0. The van der Waals surface area contributed by atoms with Crippen LogP contribution in [-0.4, -0.2) is 59.2 Å². The Morgan fingerprint density at radius 1 is 0.842 bits per heavy atom. The van der Waals surface area contributed by atoms with Gasteiger partial charge in [0, 0.05) is 28.8 Å². The Kier molecular flexibility index (Phi) is 15.3. The number of hydrogen-bond donors (Lipinski definition) is 3. The number of nitrogens with one attached hydrogen (secondary N) is 3. The Balaban J connectivity index is 0.00000324. The van der Waals surface area contributed by atoms with Gasteiger partial charge in [-0.25, -0.2) is 0 Å². The van der Waals surface area contributed by atoms with Crippen LogP contribution >= 0.6 is 0 Å². The summed E-state index contributed by atoms with van der Waals surface area (Å²) in [6.07, 6.45) is 4.51. The van der Waals surface area contributed by atoms with Gasteiger partial charge in [-0.1, -0.05) is 6.42 Å². The number of rotatable bonds is 1. The third kappa shape index (κ3) is 12.0. The Hall–Kier alpha value is 0.514. The summed E-state index contributed by atoms with van der Waals surface area (Å²) in [4.78, 5) is 0. The van der Waals surface area contributed by atoms with E-state index in [-0.39, 0.29) is 27.9 Å². The molecule has 1 aliphatic heterocycles. The molecule has 1 saturated heterocycles. The molecule has 0 spiro atoms. The fraction of sp³-hybridized carbons (Fsp3) is 1.00. The molecule has 1 fully saturated rings. The number of hydrogen-bond acceptors (Lipinski definition) is 4. The Morgan fingerprint density at radius 3 is 1.95 bits per heavy atom. The molecule has 0 aromatic carbocycles. The van der Waals surface area contributed by atoms with Crippen molar-refractivity contribution in [1.29, 1.82) is 0 Å². The minimum absolute atomic E-state index is 0. The quantitative estimate of drug-likeness (QED) is 0.623. The van der Waals surface area contributed by atoms with Crippen molar-refractivity contribution < 1.29 is 26.5 Å². The summed E-state index contributed by atoms with van der Waals surface area (Å²) in [6.45, 7) is 7.32. The van der Waals surface area contributed by atoms with Crippen LogP contribution < -0.4 is 16.0 Å². The van der Waals surface area contributed by atoms with Gasteiger partial charge in [0.1, 0.15) is 0 Å². The summed E-state index contributed by atoms with van der Waals surface area (Å²) in [5.74, 6) is 0. The van der Waals surface area contributed by atoms with Crippen LogP contribution in [0.5, 0.6) is 0 Å². The van der Waals surface area contributed by atoms with Crippen molar-refractivity contribution in [2.75, 3.05) is 52.9 Å². The second-order valence-corrected chi connectivity index (χ2v) is 4.70. The average molecular weight is 305 g/mol. The third-order valence-corrected chi connectivity index (χ3v) is 3.10. The minimum Gasteiger partial charge on any atom is -0.637 e. The zero-order chi connectivity index (χ0) is 12.9. The average Bonchev–Trinajstić information content (AvgIpc) is 2.39. The predicted molar refractivity (Wildman–Crippen MR) is 76.1 cm³/mol. The first-order valence-electron chi connectivity index (χ1n) is 7.25. The molecule has 0 amide bonds. The van der Waals surface area contributed by atoms with Gasteiger partial charge in [0.05, 0.1) is 0 Å². The molecule has 0 aliphatic carbocycles. The Morgan fingerprint density at radius 2 is 1.37 bits per heavy atom. The molecule has 6 heteroatoms. The first-order valence-corrected chi connectivity index (χ1v) is 7.25. The maximum atomic E-state index is 5.36. The van der Waals surface area contributed by atoms with Gasteiger partial charge in [-0.2, -0.15) is 0 Å². The van der Waals surface area contributed by atoms with E-state index in [1.54, 1.807) is 7.11 Å². The summed E-state index contributed by atoms with van der Waals surface area (Å²) in [6, 6.07) is 0. The van der Waals surface area contributed by atoms with Crippen molar-refractivity contribution in [1.82, 2.24) is 16.0 Å². The van der Waals surface area contributed by atoms with Gasteiger partial charge in [0.15, 0.2) is 0 Å². The largest absolute Gasteiger partial charge is 0.637 e. The maximum Gasteiger partial charge on any atom is 0.0335 e. The van der Waals surface area contributed by atoms with Crippen molar-refractivity contribution in [2.24, 2.45) is 0 Å². The van der Waals surface area contributed by atoms with Crippen LogP contribution in [0.15, 0.2) is 0 Å². The summed E-state index contributed by atoms with van der Waals surface area (Å²) < 4.78 is 5.36. The molecule has 3 N–H and O–H groups in total. The number of methoxy groups -OCH3 is 1. The van der Waals surface area contributed by atoms with E-state index in [0.29, 0.717) is 0 Å². The van der Waals surface area contributed by atoms with Crippen molar-refractivity contribution >= 4 is 0 Å². The molecular formula is C13H29N4OTi-. The van der Waals surface area contributed by atoms with E-state index >= 15 is 0 Å². The minimum atomic E-state index is 0. The second-order valence-electron chi connectivity index (χ2n) is 4.70. The molecule has 0 aromatic rings. The molecule has 1 atom stereocenters. The summed E-state index contributed by atoms with van der Waals surface area (Å²) in [5, 5.41) is 14.9. The van der Waals surface area contributed by atoms with E-state index in [9.17, 15) is 0 Å². The molecule has 0 aromatic heterocycles. The van der Waals surface area contributed by atoms with Crippen molar-refractivity contribution in [3.8, 4) is 0 Å². The van der Waals surface area contributed by atoms with E-state index in [1.807, 2.05) is 0 Å². The van der Waals surface area contributed by atoms with Crippen LogP contribution in [0, 0.1) is 0 Å². The molecule has 1 aliphatic rings. The molecular weight excluding hydrogens is 276 g/mol. The first kappa shape index (κ1) is 19.5. The third-order valence-electron chi connectivity index (χ3n) is 3.10. The second kappa shape index (κ2) is 14.9. The van der Waals surface area contributed by atoms with E-state index in [0.717, 1.165) is 58.7 Å². The topological polar surface area (TPSA) is 59.4 Å². The van der Waals surface area contributed by atoms with Gasteiger partial charge >= 0.3 is 0 Å². The van der Waals surface area contributed by atoms with Crippen molar-refractivity contribution in [3.63, 3.8) is 0 Å². The molecule has 19 heavy (non-hydrogen) atoms. The standard InChI is InChI=1S/C13H29N4O.Ti/c1-18-13-5-12-16-9-3-8-14-6-2-7-15-10-4-11-17-13;/h13-16H,2-12H2,1H3;/q-1;. The first-order chi connectivity index (χ1) is 8.93. The van der Waals surface area contributed by atoms with Crippen LogP contribution in [0.3, 0.4) is 0 Å². The van der Waals surface area contributed by atoms with Crippen LogP contribution in [0.25, 0.3) is 5.32 Å². The van der Waals surface area contributed by atoms with Crippen LogP contribution in [-0.2, 0) is 26.5 Å². The zero-order valence-corrected chi connectivity index (χ0v) is 13.8. The van der Waals surface area contributed by atoms with Crippen LogP contribution in [0.1, 0.15) is 25.7 Å². The molecule has 112 valence electrons. The molecule has 0 saturated carbocycles. The molecule has 0 bridgehead atoms. The Labute approximate surface area is 132 Å². The maximum absolute atomic E-state index is 5.36. The zero-order valence-electron chi connectivity index (χ0n) is 12.2. The van der Waals surface area contributed by atoms with Crippen molar-refractivity contribution in [2.45, 2.75) is 31.9 Å². The van der Waals surface area contributed by atoms with E-state index in [4.69, 9.17) is 4.74 Å². The monoisotopic (exact) mass is 305 g/mol. The summed E-state index contributed by atoms with van der Waals surface area (Å²) in [7, 11) is 1.74. The SMILES string of the molecule is COC1CCNCCCNCCCNCCC[N-]1.[Ti]. The summed E-state index contributed by atoms with van der Waals surface area (Å²) in [5.41, 5.74) is 0. The molecule has 5 nitrogen and oxygen atoms in total. The van der Waals surface area contributed by atoms with Gasteiger partial charge in [-0.15, -0.1) is 6.54 Å². The van der Waals surface area contributed by atoms with Gasteiger partial charge < -0.3 is 26.0 Å². The van der Waals surface area contributed by atoms with Crippen LogP contribution in [0.2, 0.25) is 0 Å². The predicted octanol–water partition coefficient (Wildman–Crippen LogP) is 0.673. The van der Waals surface area contributed by atoms with Gasteiger partial charge in [-0.3, -0.25) is 0 Å². The van der Waals surface area contributed by atoms with E-state index < -0.39 is 0 Å². The smallest absolute Gasteiger partial charge is 0.0335 e. The normalized spacial score (nSPS) is 25.4. The molecule has 0 radical (unpaired) electrons. The van der Waals surface area contributed by atoms with Crippen LogP contribution in [0.4, 0.5) is 0 Å². The number of ether oxygens (including phenoxy) is 1.